The first kappa shape index (κ1) is 18.1. The van der Waals surface area contributed by atoms with Crippen molar-refractivity contribution < 1.29 is 14.3 Å². The van der Waals surface area contributed by atoms with Crippen LogP contribution in [0.5, 0.6) is 0 Å². The summed E-state index contributed by atoms with van der Waals surface area (Å²) in [5.41, 5.74) is 1.19. The summed E-state index contributed by atoms with van der Waals surface area (Å²) in [5.74, 6) is 0.830. The van der Waals surface area contributed by atoms with Gasteiger partial charge in [0, 0.05) is 38.1 Å². The van der Waals surface area contributed by atoms with Crippen molar-refractivity contribution in [2.75, 3.05) is 57.1 Å². The van der Waals surface area contributed by atoms with Crippen LogP contribution in [-0.2, 0) is 9.47 Å². The number of nitrogens with zero attached hydrogens (tertiary/aromatic N) is 3. The average Bonchev–Trinajstić information content (AvgIpc) is 2.69. The number of aromatic nitrogens is 2. The van der Waals surface area contributed by atoms with Crippen LogP contribution in [0.1, 0.15) is 10.4 Å². The molecular formula is C18H23N5O3. The molecule has 0 aliphatic carbocycles. The zero-order chi connectivity index (χ0) is 18.2. The van der Waals surface area contributed by atoms with Crippen molar-refractivity contribution in [3.63, 3.8) is 0 Å². The number of methoxy groups -OCH3 is 1. The lowest BCUT2D eigenvalue weighted by Crippen LogP contribution is -2.39. The van der Waals surface area contributed by atoms with E-state index < -0.39 is 0 Å². The van der Waals surface area contributed by atoms with Crippen molar-refractivity contribution in [1.82, 2.24) is 14.9 Å². The molecule has 0 spiro atoms. The third kappa shape index (κ3) is 5.14. The maximum absolute atomic E-state index is 11.6. The molecule has 1 aromatic carbocycles. The molecule has 2 aromatic rings. The van der Waals surface area contributed by atoms with Crippen LogP contribution in [-0.4, -0.2) is 67.3 Å². The fourth-order valence-electron chi connectivity index (χ4n) is 2.66. The van der Waals surface area contributed by atoms with E-state index in [-0.39, 0.29) is 5.97 Å². The van der Waals surface area contributed by atoms with Crippen molar-refractivity contribution in [3.8, 4) is 0 Å². The Morgan fingerprint density at radius 2 is 2.15 bits per heavy atom. The number of carbonyl (C=O) groups excluding carboxylic acids is 1. The molecule has 0 atom stereocenters. The van der Waals surface area contributed by atoms with E-state index in [1.807, 2.05) is 12.1 Å². The van der Waals surface area contributed by atoms with Gasteiger partial charge in [-0.1, -0.05) is 6.07 Å². The van der Waals surface area contributed by atoms with Crippen LogP contribution in [0.25, 0.3) is 0 Å². The summed E-state index contributed by atoms with van der Waals surface area (Å²) in [6, 6.07) is 8.85. The van der Waals surface area contributed by atoms with E-state index in [1.165, 1.54) is 7.11 Å². The van der Waals surface area contributed by atoms with Crippen LogP contribution in [0.15, 0.2) is 36.5 Å². The third-order valence-corrected chi connectivity index (χ3v) is 4.03. The minimum Gasteiger partial charge on any atom is -0.465 e. The number of nitrogens with one attached hydrogen (secondary N) is 2. The highest BCUT2D eigenvalue weighted by molar-refractivity contribution is 5.90. The van der Waals surface area contributed by atoms with E-state index in [2.05, 4.69) is 25.5 Å². The molecule has 8 heteroatoms. The van der Waals surface area contributed by atoms with E-state index in [0.29, 0.717) is 11.5 Å². The Morgan fingerprint density at radius 3 is 2.96 bits per heavy atom. The molecule has 8 nitrogen and oxygen atoms in total. The molecule has 0 bridgehead atoms. The minimum absolute atomic E-state index is 0.381. The van der Waals surface area contributed by atoms with E-state index >= 15 is 0 Å². The summed E-state index contributed by atoms with van der Waals surface area (Å²) in [4.78, 5) is 22.6. The second-order valence-electron chi connectivity index (χ2n) is 5.84. The average molecular weight is 357 g/mol. The van der Waals surface area contributed by atoms with Crippen molar-refractivity contribution in [1.29, 1.82) is 0 Å². The standard InChI is InChI=1S/C18H23N5O3/c1-25-17(24)14-3-2-4-15(13-14)21-18-20-6-5-16(22-18)19-7-8-23-9-11-26-12-10-23/h2-6,13H,7-12H2,1H3,(H2,19,20,21,22). The second-order valence-corrected chi connectivity index (χ2v) is 5.84. The van der Waals surface area contributed by atoms with Crippen LogP contribution in [0.4, 0.5) is 17.5 Å². The maximum atomic E-state index is 11.6. The first-order valence-electron chi connectivity index (χ1n) is 8.57. The van der Waals surface area contributed by atoms with Crippen molar-refractivity contribution >= 4 is 23.4 Å². The van der Waals surface area contributed by atoms with Gasteiger partial charge in [0.1, 0.15) is 5.82 Å². The predicted molar refractivity (Wildman–Crippen MR) is 98.8 cm³/mol. The first-order chi connectivity index (χ1) is 12.7. The van der Waals surface area contributed by atoms with Gasteiger partial charge in [-0.05, 0) is 24.3 Å². The van der Waals surface area contributed by atoms with Gasteiger partial charge in [0.25, 0.3) is 0 Å². The Balaban J connectivity index is 1.56. The summed E-state index contributed by atoms with van der Waals surface area (Å²) in [7, 11) is 1.36. The number of morpholine rings is 1. The molecular weight excluding hydrogens is 334 g/mol. The monoisotopic (exact) mass is 357 g/mol. The minimum atomic E-state index is -0.381. The highest BCUT2D eigenvalue weighted by Gasteiger charge is 2.10. The number of esters is 1. The Hall–Kier alpha value is -2.71. The molecule has 0 saturated carbocycles. The Labute approximate surface area is 152 Å². The lowest BCUT2D eigenvalue weighted by atomic mass is 10.2. The summed E-state index contributed by atoms with van der Waals surface area (Å²) in [6.07, 6.45) is 1.69. The highest BCUT2D eigenvalue weighted by Crippen LogP contribution is 2.16. The molecule has 138 valence electrons. The van der Waals surface area contributed by atoms with Crippen molar-refractivity contribution in [2.45, 2.75) is 0 Å². The molecule has 1 aromatic heterocycles. The number of anilines is 3. The number of carbonyl (C=O) groups is 1. The summed E-state index contributed by atoms with van der Waals surface area (Å²) in [5, 5.41) is 6.42. The van der Waals surface area contributed by atoms with Crippen LogP contribution in [0.3, 0.4) is 0 Å². The lowest BCUT2D eigenvalue weighted by molar-refractivity contribution is 0.0398. The molecule has 26 heavy (non-hydrogen) atoms. The van der Waals surface area contributed by atoms with Crippen LogP contribution in [0.2, 0.25) is 0 Å². The van der Waals surface area contributed by atoms with Gasteiger partial charge in [0.05, 0.1) is 25.9 Å². The van der Waals surface area contributed by atoms with Crippen LogP contribution >= 0.6 is 0 Å². The normalized spacial score (nSPS) is 14.7. The van der Waals surface area contributed by atoms with Gasteiger partial charge < -0.3 is 20.1 Å². The summed E-state index contributed by atoms with van der Waals surface area (Å²) in [6.45, 7) is 5.27. The third-order valence-electron chi connectivity index (χ3n) is 4.03. The predicted octanol–water partition coefficient (Wildman–Crippen LogP) is 1.75. The molecule has 0 amide bonds. The van der Waals surface area contributed by atoms with Crippen LogP contribution < -0.4 is 10.6 Å². The summed E-state index contributed by atoms with van der Waals surface area (Å²) < 4.78 is 10.1. The zero-order valence-corrected chi connectivity index (χ0v) is 14.8. The lowest BCUT2D eigenvalue weighted by Gasteiger charge is -2.26. The van der Waals surface area contributed by atoms with E-state index in [4.69, 9.17) is 9.47 Å². The summed E-state index contributed by atoms with van der Waals surface area (Å²) >= 11 is 0. The number of ether oxygens (including phenoxy) is 2. The molecule has 0 radical (unpaired) electrons. The molecule has 1 aliphatic rings. The van der Waals surface area contributed by atoms with E-state index in [9.17, 15) is 4.79 Å². The maximum Gasteiger partial charge on any atom is 0.337 e. The zero-order valence-electron chi connectivity index (χ0n) is 14.8. The fourth-order valence-corrected chi connectivity index (χ4v) is 2.66. The van der Waals surface area contributed by atoms with Gasteiger partial charge in [-0.25, -0.2) is 9.78 Å². The quantitative estimate of drug-likeness (QED) is 0.725. The fraction of sp³-hybridized carbons (Fsp3) is 0.389. The van der Waals surface area contributed by atoms with Gasteiger partial charge in [-0.15, -0.1) is 0 Å². The van der Waals surface area contributed by atoms with Gasteiger partial charge in [-0.3, -0.25) is 4.90 Å². The molecule has 2 heterocycles. The number of rotatable bonds is 7. The van der Waals surface area contributed by atoms with Gasteiger partial charge in [-0.2, -0.15) is 4.98 Å². The number of benzene rings is 1. The van der Waals surface area contributed by atoms with Gasteiger partial charge >= 0.3 is 5.97 Å². The smallest absolute Gasteiger partial charge is 0.337 e. The largest absolute Gasteiger partial charge is 0.465 e. The van der Waals surface area contributed by atoms with Gasteiger partial charge in [0.2, 0.25) is 5.95 Å². The molecule has 0 unspecified atom stereocenters. The van der Waals surface area contributed by atoms with E-state index in [1.54, 1.807) is 24.4 Å². The highest BCUT2D eigenvalue weighted by atomic mass is 16.5. The second kappa shape index (κ2) is 9.12. The van der Waals surface area contributed by atoms with E-state index in [0.717, 1.165) is 50.9 Å². The number of hydrogen-bond acceptors (Lipinski definition) is 8. The molecule has 1 saturated heterocycles. The molecule has 1 aliphatic heterocycles. The Morgan fingerprint density at radius 1 is 1.31 bits per heavy atom. The molecule has 1 fully saturated rings. The number of hydrogen-bond donors (Lipinski definition) is 2. The van der Waals surface area contributed by atoms with Gasteiger partial charge in [0.15, 0.2) is 0 Å². The SMILES string of the molecule is COC(=O)c1cccc(Nc2nccc(NCCN3CCOCC3)n2)c1. The van der Waals surface area contributed by atoms with Crippen LogP contribution in [0, 0.1) is 0 Å². The Kier molecular flexibility index (Phi) is 6.34. The topological polar surface area (TPSA) is 88.6 Å². The van der Waals surface area contributed by atoms with Crippen molar-refractivity contribution in [2.24, 2.45) is 0 Å². The molecule has 3 rings (SSSR count). The Bertz CT molecular complexity index is 734. The first-order valence-corrected chi connectivity index (χ1v) is 8.57. The van der Waals surface area contributed by atoms with Crippen molar-refractivity contribution in [3.05, 3.63) is 42.1 Å². The molecule has 2 N–H and O–H groups in total.